The second-order valence-electron chi connectivity index (χ2n) is 7.72. The summed E-state index contributed by atoms with van der Waals surface area (Å²) in [5.74, 6) is 1.69. The predicted octanol–water partition coefficient (Wildman–Crippen LogP) is 4.56. The molecule has 0 heterocycles. The summed E-state index contributed by atoms with van der Waals surface area (Å²) < 4.78 is 21.3. The van der Waals surface area contributed by atoms with Crippen LogP contribution >= 0.6 is 12.4 Å². The van der Waals surface area contributed by atoms with Crippen molar-refractivity contribution < 1.29 is 23.7 Å². The van der Waals surface area contributed by atoms with Gasteiger partial charge in [-0.15, -0.1) is 12.4 Å². The van der Waals surface area contributed by atoms with Crippen LogP contribution in [0, 0.1) is 0 Å². The molecule has 176 valence electrons. The molecule has 0 amide bonds. The van der Waals surface area contributed by atoms with E-state index in [0.717, 1.165) is 44.5 Å². The first-order valence-corrected chi connectivity index (χ1v) is 10.9. The van der Waals surface area contributed by atoms with Crippen molar-refractivity contribution in [1.29, 1.82) is 0 Å². The standard InChI is InChI=1S/C25H33NO5.ClH/c1-5-26(21-10-7-19-16-22(28-2)11-8-18(19)15-21)13-6-14-31-25(27)20-9-12-23(29-3)24(17-20)30-4;/h8-9,11-12,16-17,21H,5-7,10,13-15H2,1-4H3;1H. The maximum Gasteiger partial charge on any atom is 0.338 e. The minimum absolute atomic E-state index is 0. The molecule has 7 heteroatoms. The Morgan fingerprint density at radius 2 is 1.78 bits per heavy atom. The van der Waals surface area contributed by atoms with Crippen molar-refractivity contribution in [1.82, 2.24) is 4.90 Å². The molecule has 0 saturated carbocycles. The van der Waals surface area contributed by atoms with Gasteiger partial charge in [0.1, 0.15) is 5.75 Å². The highest BCUT2D eigenvalue weighted by atomic mass is 35.5. The number of ether oxygens (including phenoxy) is 4. The molecule has 3 rings (SSSR count). The van der Waals surface area contributed by atoms with Crippen molar-refractivity contribution in [2.24, 2.45) is 0 Å². The zero-order valence-electron chi connectivity index (χ0n) is 19.4. The zero-order valence-corrected chi connectivity index (χ0v) is 20.2. The summed E-state index contributed by atoms with van der Waals surface area (Å²) in [5, 5.41) is 0. The molecule has 0 aliphatic heterocycles. The van der Waals surface area contributed by atoms with E-state index in [-0.39, 0.29) is 18.4 Å². The fourth-order valence-corrected chi connectivity index (χ4v) is 4.23. The monoisotopic (exact) mass is 463 g/mol. The lowest BCUT2D eigenvalue weighted by Crippen LogP contribution is -2.40. The van der Waals surface area contributed by atoms with Crippen molar-refractivity contribution in [3.63, 3.8) is 0 Å². The lowest BCUT2D eigenvalue weighted by Gasteiger charge is -2.34. The van der Waals surface area contributed by atoms with Crippen LogP contribution in [0.2, 0.25) is 0 Å². The van der Waals surface area contributed by atoms with Gasteiger partial charge in [0.25, 0.3) is 0 Å². The summed E-state index contributed by atoms with van der Waals surface area (Å²) in [6.45, 7) is 4.48. The van der Waals surface area contributed by atoms with Gasteiger partial charge in [0, 0.05) is 12.6 Å². The van der Waals surface area contributed by atoms with Gasteiger partial charge in [0.15, 0.2) is 11.5 Å². The number of carbonyl (C=O) groups is 1. The Bertz CT molecular complexity index is 889. The molecule has 0 aromatic heterocycles. The third-order valence-corrected chi connectivity index (χ3v) is 5.98. The highest BCUT2D eigenvalue weighted by Crippen LogP contribution is 2.29. The number of benzene rings is 2. The topological polar surface area (TPSA) is 57.2 Å². The average molecular weight is 464 g/mol. The van der Waals surface area contributed by atoms with E-state index in [2.05, 4.69) is 24.0 Å². The van der Waals surface area contributed by atoms with Gasteiger partial charge in [-0.2, -0.15) is 0 Å². The lowest BCUT2D eigenvalue weighted by molar-refractivity contribution is 0.0480. The van der Waals surface area contributed by atoms with E-state index in [0.29, 0.717) is 29.7 Å². The number of aryl methyl sites for hydroxylation is 1. The molecular weight excluding hydrogens is 430 g/mol. The van der Waals surface area contributed by atoms with E-state index in [9.17, 15) is 4.79 Å². The summed E-state index contributed by atoms with van der Waals surface area (Å²) in [5.41, 5.74) is 3.27. The number of fused-ring (bicyclic) bond motifs is 1. The van der Waals surface area contributed by atoms with Gasteiger partial charge in [0.05, 0.1) is 33.5 Å². The van der Waals surface area contributed by atoms with Gasteiger partial charge in [-0.3, -0.25) is 0 Å². The minimum Gasteiger partial charge on any atom is -0.497 e. The number of carbonyl (C=O) groups excluding carboxylic acids is 1. The van der Waals surface area contributed by atoms with Gasteiger partial charge in [-0.05, 0) is 73.7 Å². The predicted molar refractivity (Wildman–Crippen MR) is 128 cm³/mol. The molecule has 0 radical (unpaired) electrons. The van der Waals surface area contributed by atoms with Gasteiger partial charge in [-0.25, -0.2) is 4.79 Å². The summed E-state index contributed by atoms with van der Waals surface area (Å²) in [4.78, 5) is 14.9. The summed E-state index contributed by atoms with van der Waals surface area (Å²) in [6.07, 6.45) is 4.07. The van der Waals surface area contributed by atoms with Crippen LogP contribution in [0.5, 0.6) is 17.2 Å². The highest BCUT2D eigenvalue weighted by Gasteiger charge is 2.23. The largest absolute Gasteiger partial charge is 0.497 e. The van der Waals surface area contributed by atoms with E-state index in [1.54, 1.807) is 39.5 Å². The summed E-state index contributed by atoms with van der Waals surface area (Å²) in [6, 6.07) is 12.0. The zero-order chi connectivity index (χ0) is 22.2. The van der Waals surface area contributed by atoms with E-state index in [1.165, 1.54) is 11.1 Å². The van der Waals surface area contributed by atoms with Crippen LogP contribution in [0.4, 0.5) is 0 Å². The van der Waals surface area contributed by atoms with Gasteiger partial charge in [-0.1, -0.05) is 13.0 Å². The second-order valence-corrected chi connectivity index (χ2v) is 7.72. The fourth-order valence-electron chi connectivity index (χ4n) is 4.23. The van der Waals surface area contributed by atoms with E-state index < -0.39 is 0 Å². The van der Waals surface area contributed by atoms with Gasteiger partial charge >= 0.3 is 5.97 Å². The number of nitrogens with zero attached hydrogens (tertiary/aromatic N) is 1. The normalized spacial score (nSPS) is 14.8. The maximum atomic E-state index is 12.4. The van der Waals surface area contributed by atoms with E-state index in [4.69, 9.17) is 18.9 Å². The van der Waals surface area contributed by atoms with Gasteiger partial charge in [0.2, 0.25) is 0 Å². The number of rotatable bonds is 10. The number of hydrogen-bond donors (Lipinski definition) is 0. The number of halogens is 1. The number of hydrogen-bond acceptors (Lipinski definition) is 6. The SMILES string of the molecule is CCN(CCCOC(=O)c1ccc(OC)c(OC)c1)C1CCc2cc(OC)ccc2C1.Cl. The molecule has 1 aliphatic carbocycles. The Balaban J connectivity index is 0.00000363. The molecule has 0 saturated heterocycles. The molecular formula is C25H34ClNO5. The molecule has 2 aromatic rings. The quantitative estimate of drug-likeness (QED) is 0.380. The molecule has 1 unspecified atom stereocenters. The Hall–Kier alpha value is -2.44. The molecule has 0 fully saturated rings. The molecule has 32 heavy (non-hydrogen) atoms. The van der Waals surface area contributed by atoms with Crippen LogP contribution in [0.15, 0.2) is 36.4 Å². The molecule has 1 atom stereocenters. The molecule has 0 spiro atoms. The fraction of sp³-hybridized carbons (Fsp3) is 0.480. The molecule has 2 aromatic carbocycles. The molecule has 0 N–H and O–H groups in total. The molecule has 1 aliphatic rings. The Morgan fingerprint density at radius 3 is 2.47 bits per heavy atom. The van der Waals surface area contributed by atoms with E-state index in [1.807, 2.05) is 6.07 Å². The first-order valence-electron chi connectivity index (χ1n) is 10.9. The minimum atomic E-state index is -0.343. The molecule has 0 bridgehead atoms. The van der Waals surface area contributed by atoms with Gasteiger partial charge < -0.3 is 23.8 Å². The third-order valence-electron chi connectivity index (χ3n) is 5.98. The maximum absolute atomic E-state index is 12.4. The first-order chi connectivity index (χ1) is 15.1. The van der Waals surface area contributed by atoms with Crippen molar-refractivity contribution in [3.8, 4) is 17.2 Å². The number of methoxy groups -OCH3 is 3. The Kier molecular flexibility index (Phi) is 10.1. The van der Waals surface area contributed by atoms with Crippen LogP contribution in [0.1, 0.15) is 41.3 Å². The summed E-state index contributed by atoms with van der Waals surface area (Å²) in [7, 11) is 4.83. The lowest BCUT2D eigenvalue weighted by atomic mass is 9.87. The highest BCUT2D eigenvalue weighted by molar-refractivity contribution is 5.90. The Labute approximate surface area is 197 Å². The summed E-state index contributed by atoms with van der Waals surface area (Å²) >= 11 is 0. The average Bonchev–Trinajstić information content (AvgIpc) is 2.82. The van der Waals surface area contributed by atoms with Crippen molar-refractivity contribution in [2.45, 2.75) is 38.6 Å². The van der Waals surface area contributed by atoms with Crippen LogP contribution in [0.3, 0.4) is 0 Å². The number of likely N-dealkylation sites (N-methyl/N-ethyl adjacent to an activating group) is 1. The van der Waals surface area contributed by atoms with E-state index >= 15 is 0 Å². The number of esters is 1. The smallest absolute Gasteiger partial charge is 0.338 e. The van der Waals surface area contributed by atoms with Crippen LogP contribution in [0.25, 0.3) is 0 Å². The third kappa shape index (κ3) is 6.30. The van der Waals surface area contributed by atoms with Crippen molar-refractivity contribution in [2.75, 3.05) is 41.0 Å². The first kappa shape index (κ1) is 25.8. The van der Waals surface area contributed by atoms with Crippen LogP contribution in [-0.4, -0.2) is 57.9 Å². The van der Waals surface area contributed by atoms with Crippen molar-refractivity contribution >= 4 is 18.4 Å². The second kappa shape index (κ2) is 12.6. The Morgan fingerprint density at radius 1 is 1.00 bits per heavy atom. The molecule has 6 nitrogen and oxygen atoms in total. The van der Waals surface area contributed by atoms with Crippen LogP contribution in [-0.2, 0) is 17.6 Å². The van der Waals surface area contributed by atoms with Crippen molar-refractivity contribution in [3.05, 3.63) is 53.1 Å². The van der Waals surface area contributed by atoms with Crippen LogP contribution < -0.4 is 14.2 Å².